The number of benzene rings is 1. The number of fused-ring (bicyclic) bond motifs is 1. The fraction of sp³-hybridized carbons (Fsp3) is 0.389. The Balaban J connectivity index is 1.76. The lowest BCUT2D eigenvalue weighted by atomic mass is 10.1. The number of rotatable bonds is 6. The number of hydrogen-bond donors (Lipinski definition) is 1. The Hall–Kier alpha value is -1.42. The quantitative estimate of drug-likeness (QED) is 0.654. The molecule has 6 nitrogen and oxygen atoms in total. The number of aromatic nitrogens is 1. The molecular formula is C18H20BrN3O3S2. The first kappa shape index (κ1) is 20.3. The van der Waals surface area contributed by atoms with Crippen LogP contribution in [0.1, 0.15) is 59.0 Å². The maximum Gasteiger partial charge on any atom is 0.261 e. The largest absolute Gasteiger partial charge is 0.274 e. The molecule has 0 bridgehead atoms. The van der Waals surface area contributed by atoms with Crippen LogP contribution in [0.3, 0.4) is 0 Å². The number of carbonyl (C=O) groups excluding carboxylic acids is 2. The van der Waals surface area contributed by atoms with Gasteiger partial charge in [-0.05, 0) is 55.3 Å². The van der Waals surface area contributed by atoms with Crippen LogP contribution in [0.5, 0.6) is 0 Å². The van der Waals surface area contributed by atoms with E-state index < -0.39 is 15.7 Å². The Morgan fingerprint density at radius 2 is 1.81 bits per heavy atom. The zero-order chi connectivity index (χ0) is 19.8. The highest BCUT2D eigenvalue weighted by Crippen LogP contribution is 2.28. The Bertz CT molecular complexity index is 872. The van der Waals surface area contributed by atoms with Gasteiger partial charge in [-0.25, -0.2) is 13.9 Å². The van der Waals surface area contributed by atoms with E-state index in [-0.39, 0.29) is 24.4 Å². The number of amides is 2. The van der Waals surface area contributed by atoms with Crippen LogP contribution in [0.4, 0.5) is 0 Å². The van der Waals surface area contributed by atoms with E-state index in [1.807, 2.05) is 26.2 Å². The highest BCUT2D eigenvalue weighted by molar-refractivity contribution is 9.10. The SMILES string of the molecule is CC(C)(C)S(=O)NC(CCN1C(=O)c2ccccc2C1=O)c1nc(Br)cs1. The van der Waals surface area contributed by atoms with Crippen molar-refractivity contribution >= 4 is 50.1 Å². The fourth-order valence-electron chi connectivity index (χ4n) is 2.67. The molecule has 1 aliphatic rings. The number of nitrogens with zero attached hydrogens (tertiary/aromatic N) is 2. The number of hydrogen-bond acceptors (Lipinski definition) is 5. The standard InChI is InChI=1S/C18H20BrN3O3S2/c1-18(2,3)27(25)21-13(15-20-14(19)10-26-15)8-9-22-16(23)11-6-4-5-7-12(11)17(22)24/h4-7,10,13,21H,8-9H2,1-3H3. The molecule has 2 heterocycles. The molecule has 0 saturated heterocycles. The van der Waals surface area contributed by atoms with Crippen LogP contribution < -0.4 is 4.72 Å². The molecule has 3 rings (SSSR count). The first-order valence-corrected chi connectivity index (χ1v) is 11.2. The molecule has 1 aromatic heterocycles. The van der Waals surface area contributed by atoms with Gasteiger partial charge in [0.05, 0.1) is 32.9 Å². The van der Waals surface area contributed by atoms with Crippen molar-refractivity contribution < 1.29 is 13.8 Å². The lowest BCUT2D eigenvalue weighted by Gasteiger charge is -2.24. The molecule has 0 radical (unpaired) electrons. The lowest BCUT2D eigenvalue weighted by Crippen LogP contribution is -2.38. The van der Waals surface area contributed by atoms with Crippen molar-refractivity contribution in [1.82, 2.24) is 14.6 Å². The summed E-state index contributed by atoms with van der Waals surface area (Å²) >= 11 is 4.78. The first-order chi connectivity index (χ1) is 12.7. The van der Waals surface area contributed by atoms with Crippen molar-refractivity contribution in [3.8, 4) is 0 Å². The van der Waals surface area contributed by atoms with E-state index in [9.17, 15) is 13.8 Å². The molecule has 0 aliphatic carbocycles. The van der Waals surface area contributed by atoms with Crippen molar-refractivity contribution in [3.05, 3.63) is 50.4 Å². The van der Waals surface area contributed by atoms with Gasteiger partial charge in [-0.15, -0.1) is 11.3 Å². The summed E-state index contributed by atoms with van der Waals surface area (Å²) < 4.78 is 16.0. The van der Waals surface area contributed by atoms with Gasteiger partial charge in [-0.1, -0.05) is 12.1 Å². The molecular weight excluding hydrogens is 450 g/mol. The number of thiazole rings is 1. The summed E-state index contributed by atoms with van der Waals surface area (Å²) in [6.45, 7) is 5.88. The number of carbonyl (C=O) groups is 2. The molecule has 2 amide bonds. The van der Waals surface area contributed by atoms with Crippen LogP contribution in [-0.4, -0.2) is 37.2 Å². The van der Waals surface area contributed by atoms with E-state index in [1.54, 1.807) is 24.3 Å². The highest BCUT2D eigenvalue weighted by atomic mass is 79.9. The molecule has 2 unspecified atom stereocenters. The molecule has 0 saturated carbocycles. The summed E-state index contributed by atoms with van der Waals surface area (Å²) in [5.74, 6) is -0.571. The minimum absolute atomic E-state index is 0.225. The molecule has 1 aliphatic heterocycles. The third-order valence-electron chi connectivity index (χ3n) is 4.12. The van der Waals surface area contributed by atoms with Gasteiger partial charge in [0.2, 0.25) is 0 Å². The van der Waals surface area contributed by atoms with Crippen LogP contribution in [0.25, 0.3) is 0 Å². The summed E-state index contributed by atoms with van der Waals surface area (Å²) in [5, 5.41) is 2.61. The van der Waals surface area contributed by atoms with Crippen LogP contribution in [0.2, 0.25) is 0 Å². The normalized spacial score (nSPS) is 16.5. The van der Waals surface area contributed by atoms with Gasteiger partial charge in [-0.3, -0.25) is 14.5 Å². The summed E-state index contributed by atoms with van der Waals surface area (Å²) in [4.78, 5) is 30.8. The van der Waals surface area contributed by atoms with Crippen molar-refractivity contribution in [2.75, 3.05) is 6.54 Å². The monoisotopic (exact) mass is 469 g/mol. The Morgan fingerprint density at radius 1 is 1.22 bits per heavy atom. The fourth-order valence-corrected chi connectivity index (χ4v) is 4.93. The van der Waals surface area contributed by atoms with Gasteiger partial charge in [0, 0.05) is 11.9 Å². The summed E-state index contributed by atoms with van der Waals surface area (Å²) in [5.41, 5.74) is 0.865. The molecule has 27 heavy (non-hydrogen) atoms. The van der Waals surface area contributed by atoms with Gasteiger partial charge in [0.25, 0.3) is 11.8 Å². The van der Waals surface area contributed by atoms with Gasteiger partial charge in [0.1, 0.15) is 9.61 Å². The van der Waals surface area contributed by atoms with Crippen LogP contribution in [-0.2, 0) is 11.0 Å². The van der Waals surface area contributed by atoms with Crippen LogP contribution in [0.15, 0.2) is 34.2 Å². The molecule has 144 valence electrons. The average Bonchev–Trinajstić information content (AvgIpc) is 3.14. The third kappa shape index (κ3) is 4.37. The second-order valence-electron chi connectivity index (χ2n) is 7.16. The van der Waals surface area contributed by atoms with Gasteiger partial charge in [0.15, 0.2) is 0 Å². The number of halogens is 1. The molecule has 2 atom stereocenters. The summed E-state index contributed by atoms with van der Waals surface area (Å²) in [6.07, 6.45) is 0.424. The van der Waals surface area contributed by atoms with Gasteiger partial charge >= 0.3 is 0 Å². The lowest BCUT2D eigenvalue weighted by molar-refractivity contribution is 0.0649. The van der Waals surface area contributed by atoms with E-state index in [4.69, 9.17) is 0 Å². The minimum Gasteiger partial charge on any atom is -0.274 e. The van der Waals surface area contributed by atoms with Crippen molar-refractivity contribution in [2.45, 2.75) is 38.0 Å². The maximum atomic E-state index is 12.6. The average molecular weight is 470 g/mol. The Kier molecular flexibility index (Phi) is 5.95. The Morgan fingerprint density at radius 3 is 2.30 bits per heavy atom. The second-order valence-corrected chi connectivity index (χ2v) is 10.9. The third-order valence-corrected chi connectivity index (χ3v) is 7.40. The van der Waals surface area contributed by atoms with Crippen molar-refractivity contribution in [3.63, 3.8) is 0 Å². The zero-order valence-corrected chi connectivity index (χ0v) is 18.4. The highest BCUT2D eigenvalue weighted by Gasteiger charge is 2.35. The maximum absolute atomic E-state index is 12.6. The molecule has 1 N–H and O–H groups in total. The van der Waals surface area contributed by atoms with Crippen LogP contribution in [0, 0.1) is 0 Å². The van der Waals surface area contributed by atoms with E-state index >= 15 is 0 Å². The molecule has 0 spiro atoms. The number of imide groups is 1. The minimum atomic E-state index is -1.31. The number of nitrogens with one attached hydrogen (secondary N) is 1. The van der Waals surface area contributed by atoms with E-state index in [1.165, 1.54) is 16.2 Å². The van der Waals surface area contributed by atoms with E-state index in [2.05, 4.69) is 25.6 Å². The molecule has 1 aromatic carbocycles. The second kappa shape index (κ2) is 7.90. The Labute approximate surface area is 173 Å². The molecule has 9 heteroatoms. The van der Waals surface area contributed by atoms with E-state index in [0.29, 0.717) is 22.2 Å². The summed E-state index contributed by atoms with van der Waals surface area (Å²) in [7, 11) is -1.31. The molecule has 0 fully saturated rings. The van der Waals surface area contributed by atoms with Gasteiger partial charge in [-0.2, -0.15) is 0 Å². The first-order valence-electron chi connectivity index (χ1n) is 8.42. The van der Waals surface area contributed by atoms with Crippen LogP contribution >= 0.6 is 27.3 Å². The van der Waals surface area contributed by atoms with Crippen molar-refractivity contribution in [1.29, 1.82) is 0 Å². The van der Waals surface area contributed by atoms with Crippen molar-refractivity contribution in [2.24, 2.45) is 0 Å². The molecule has 2 aromatic rings. The topological polar surface area (TPSA) is 79.4 Å². The predicted octanol–water partition coefficient (Wildman–Crippen LogP) is 3.68. The predicted molar refractivity (Wildman–Crippen MR) is 110 cm³/mol. The zero-order valence-electron chi connectivity index (χ0n) is 15.2. The summed E-state index contributed by atoms with van der Waals surface area (Å²) in [6, 6.07) is 6.50. The van der Waals surface area contributed by atoms with E-state index in [0.717, 1.165) is 5.01 Å². The smallest absolute Gasteiger partial charge is 0.261 e. The van der Waals surface area contributed by atoms with Gasteiger partial charge < -0.3 is 0 Å².